The van der Waals surface area contributed by atoms with E-state index in [1.807, 2.05) is 61.5 Å². The Hall–Kier alpha value is -5.14. The van der Waals surface area contributed by atoms with Gasteiger partial charge in [0.2, 0.25) is 29.5 Å². The molecule has 2 heterocycles. The summed E-state index contributed by atoms with van der Waals surface area (Å²) < 4.78 is 19.8. The number of hydrogen-bond donors (Lipinski definition) is 3. The third-order valence-electron chi connectivity index (χ3n) is 12.4. The van der Waals surface area contributed by atoms with E-state index in [1.54, 1.807) is 0 Å². The van der Waals surface area contributed by atoms with Crippen LogP contribution in [0, 0.1) is 40.8 Å². The second-order valence-corrected chi connectivity index (χ2v) is 19.3. The van der Waals surface area contributed by atoms with Crippen LogP contribution in [0.4, 0.5) is 4.39 Å². The molecule has 1 saturated heterocycles. The summed E-state index contributed by atoms with van der Waals surface area (Å²) in [7, 11) is 4.28. The summed E-state index contributed by atoms with van der Waals surface area (Å²) in [4.78, 5) is 109. The molecule has 0 spiro atoms. The van der Waals surface area contributed by atoms with Crippen molar-refractivity contribution in [3.05, 3.63) is 29.8 Å². The van der Waals surface area contributed by atoms with Gasteiger partial charge in [-0.25, -0.2) is 9.18 Å². The minimum atomic E-state index is -1.51. The number of pyridine rings is 1. The van der Waals surface area contributed by atoms with Crippen molar-refractivity contribution in [2.45, 2.75) is 188 Å². The Morgan fingerprint density at radius 1 is 0.697 bits per heavy atom. The molecule has 1 aromatic heterocycles. The van der Waals surface area contributed by atoms with Crippen LogP contribution >= 0.6 is 0 Å². The number of unbranched alkanes of at least 4 members (excludes halogenated alkanes) is 2. The van der Waals surface area contributed by atoms with Gasteiger partial charge in [-0.15, -0.1) is 0 Å². The first-order valence-corrected chi connectivity index (χ1v) is 23.9. The zero-order chi connectivity index (χ0) is 49.8. The summed E-state index contributed by atoms with van der Waals surface area (Å²) in [6.07, 6.45) is 4.68. The number of likely N-dealkylation sites (N-methyl/N-ethyl adjacent to an activating group) is 3. The van der Waals surface area contributed by atoms with Crippen molar-refractivity contribution in [1.82, 2.24) is 35.6 Å². The molecule has 0 radical (unpaired) electrons. The molecule has 16 nitrogen and oxygen atoms in total. The molecule has 1 aromatic rings. The highest BCUT2D eigenvalue weighted by Crippen LogP contribution is 2.22. The maximum absolute atomic E-state index is 14.8. The molecule has 1 fully saturated rings. The van der Waals surface area contributed by atoms with Gasteiger partial charge < -0.3 is 35.4 Å². The third-order valence-corrected chi connectivity index (χ3v) is 12.4. The van der Waals surface area contributed by atoms with Crippen molar-refractivity contribution in [2.24, 2.45) is 23.7 Å². The quantitative estimate of drug-likeness (QED) is 0.158. The Labute approximate surface area is 392 Å². The van der Waals surface area contributed by atoms with Crippen molar-refractivity contribution in [1.29, 1.82) is 5.26 Å². The van der Waals surface area contributed by atoms with E-state index in [4.69, 9.17) is 4.74 Å². The number of cyclic esters (lactones) is 1. The van der Waals surface area contributed by atoms with E-state index in [-0.39, 0.29) is 74.3 Å². The normalized spacial score (nSPS) is 24.6. The van der Waals surface area contributed by atoms with E-state index in [0.717, 1.165) is 49.6 Å². The van der Waals surface area contributed by atoms with Crippen molar-refractivity contribution in [3.8, 4) is 6.07 Å². The average Bonchev–Trinajstić information content (AvgIpc) is 3.27. The van der Waals surface area contributed by atoms with Crippen molar-refractivity contribution in [3.63, 3.8) is 0 Å². The molecule has 17 heteroatoms. The average molecular weight is 927 g/mol. The summed E-state index contributed by atoms with van der Waals surface area (Å²) in [5, 5.41) is 18.1. The fraction of sp³-hybridized carbons (Fsp3) is 0.735. The van der Waals surface area contributed by atoms with Crippen LogP contribution in [0.5, 0.6) is 0 Å². The zero-order valence-corrected chi connectivity index (χ0v) is 41.7. The zero-order valence-electron chi connectivity index (χ0n) is 41.7. The summed E-state index contributed by atoms with van der Waals surface area (Å²) in [6.45, 7) is 17.0. The molecule has 0 bridgehead atoms. The molecule has 9 atom stereocenters. The Kier molecular flexibility index (Phi) is 24.3. The first-order chi connectivity index (χ1) is 31.1. The van der Waals surface area contributed by atoms with Crippen LogP contribution in [-0.2, 0) is 44.7 Å². The summed E-state index contributed by atoms with van der Waals surface area (Å²) in [5.74, 6) is -5.87. The van der Waals surface area contributed by atoms with Gasteiger partial charge in [0.05, 0.1) is 12.3 Å². The van der Waals surface area contributed by atoms with Crippen LogP contribution in [0.1, 0.15) is 145 Å². The van der Waals surface area contributed by atoms with E-state index in [2.05, 4.69) is 20.9 Å². The van der Waals surface area contributed by atoms with Crippen LogP contribution in [-0.4, -0.2) is 125 Å². The van der Waals surface area contributed by atoms with Gasteiger partial charge in [-0.1, -0.05) is 93.9 Å². The fourth-order valence-corrected chi connectivity index (χ4v) is 8.17. The number of aromatic nitrogens is 1. The number of amides is 6. The molecule has 2 rings (SSSR count). The third kappa shape index (κ3) is 17.9. The van der Waals surface area contributed by atoms with E-state index in [0.29, 0.717) is 0 Å². The summed E-state index contributed by atoms with van der Waals surface area (Å²) in [5.41, 5.74) is 0.281. The van der Waals surface area contributed by atoms with Gasteiger partial charge in [-0.3, -0.25) is 33.8 Å². The molecule has 6 amide bonds. The highest BCUT2D eigenvalue weighted by atomic mass is 19.1. The SMILES string of the molecule is CCCCC(C)CC1NC(=O)C(Cc2ccc(F)cn2)N(C)C(=O)C(CC(C)C)NC(=O)C(CC(C)C)N(C)C(=O)C(C[C@H](C)CCCC)NC(=O)[C@@H](CCC#N)OC(=O)C(C)N(C)C1=O. The van der Waals surface area contributed by atoms with E-state index >= 15 is 0 Å². The van der Waals surface area contributed by atoms with Gasteiger partial charge in [0.25, 0.3) is 5.91 Å². The minimum Gasteiger partial charge on any atom is -0.451 e. The van der Waals surface area contributed by atoms with Crippen LogP contribution in [0.3, 0.4) is 0 Å². The summed E-state index contributed by atoms with van der Waals surface area (Å²) in [6, 6.07) is -2.65. The number of hydrogen-bond acceptors (Lipinski definition) is 10. The second-order valence-electron chi connectivity index (χ2n) is 19.3. The number of esters is 1. The Morgan fingerprint density at radius 3 is 1.64 bits per heavy atom. The van der Waals surface area contributed by atoms with Gasteiger partial charge in [-0.2, -0.15) is 5.26 Å². The lowest BCUT2D eigenvalue weighted by atomic mass is 9.94. The number of nitriles is 1. The molecule has 0 aromatic carbocycles. The lowest BCUT2D eigenvalue weighted by Gasteiger charge is -2.35. The van der Waals surface area contributed by atoms with Gasteiger partial charge in [0.1, 0.15) is 42.1 Å². The van der Waals surface area contributed by atoms with Gasteiger partial charge in [-0.05, 0) is 68.4 Å². The topological polar surface area (TPSA) is 211 Å². The van der Waals surface area contributed by atoms with Crippen LogP contribution in [0.25, 0.3) is 0 Å². The Morgan fingerprint density at radius 2 is 1.17 bits per heavy atom. The number of carbonyl (C=O) groups is 7. The summed E-state index contributed by atoms with van der Waals surface area (Å²) >= 11 is 0. The maximum atomic E-state index is 14.8. The molecule has 7 unspecified atom stereocenters. The standard InChI is InChI=1S/C49H79FN8O8/c1-13-15-18-32(7)26-38-46(62)56(10)34(9)49(65)66-42(20-17-23-51)45(61)55-39(27-33(8)19-16-14-2)48(64)57(11)40(25-31(5)6)43(59)53-37(24-30(3)4)47(63)58(12)41(44(60)54-38)28-36-22-21-35(50)29-52-36/h21-22,29-34,37-42H,13-20,24-28H2,1-12H3,(H,53,59)(H,54,60)(H,55,61)/t32?,33-,34?,37?,38?,39?,40?,41?,42-/m1/s1. The van der Waals surface area contributed by atoms with Crippen LogP contribution in [0.15, 0.2) is 18.3 Å². The molecule has 0 aliphatic carbocycles. The van der Waals surface area contributed by atoms with Crippen molar-refractivity contribution < 1.29 is 42.7 Å². The first-order valence-electron chi connectivity index (χ1n) is 23.9. The number of carbonyl (C=O) groups excluding carboxylic acids is 7. The number of nitrogens with zero attached hydrogens (tertiary/aromatic N) is 5. The largest absolute Gasteiger partial charge is 0.451 e. The lowest BCUT2D eigenvalue weighted by molar-refractivity contribution is -0.163. The maximum Gasteiger partial charge on any atom is 0.329 e. The number of rotatable bonds is 18. The molecule has 3 N–H and O–H groups in total. The highest BCUT2D eigenvalue weighted by molar-refractivity contribution is 5.97. The van der Waals surface area contributed by atoms with Gasteiger partial charge in [0, 0.05) is 46.1 Å². The molecule has 1 aliphatic rings. The predicted octanol–water partition coefficient (Wildman–Crippen LogP) is 5.47. The molecule has 370 valence electrons. The number of nitrogens with one attached hydrogen (secondary N) is 3. The molecule has 66 heavy (non-hydrogen) atoms. The number of halogens is 1. The van der Waals surface area contributed by atoms with Crippen molar-refractivity contribution in [2.75, 3.05) is 21.1 Å². The van der Waals surface area contributed by atoms with Gasteiger partial charge in [0.15, 0.2) is 6.10 Å². The van der Waals surface area contributed by atoms with Crippen molar-refractivity contribution >= 4 is 41.4 Å². The molecule has 0 saturated carbocycles. The monoisotopic (exact) mass is 927 g/mol. The second kappa shape index (κ2) is 28.1. The minimum absolute atomic E-state index is 0.0464. The van der Waals surface area contributed by atoms with E-state index in [9.17, 15) is 43.2 Å². The Bertz CT molecular complexity index is 1810. The Balaban J connectivity index is 2.92. The predicted molar refractivity (Wildman–Crippen MR) is 249 cm³/mol. The first kappa shape index (κ1) is 57.0. The van der Waals surface area contributed by atoms with E-state index < -0.39 is 89.6 Å². The lowest BCUT2D eigenvalue weighted by Crippen LogP contribution is -2.60. The highest BCUT2D eigenvalue weighted by Gasteiger charge is 2.40. The fourth-order valence-electron chi connectivity index (χ4n) is 8.17. The van der Waals surface area contributed by atoms with E-state index in [1.165, 1.54) is 50.0 Å². The van der Waals surface area contributed by atoms with Crippen LogP contribution in [0.2, 0.25) is 0 Å². The van der Waals surface area contributed by atoms with Gasteiger partial charge >= 0.3 is 5.97 Å². The smallest absolute Gasteiger partial charge is 0.329 e. The van der Waals surface area contributed by atoms with Crippen LogP contribution < -0.4 is 16.0 Å². The molecular weight excluding hydrogens is 848 g/mol. The molecular formula is C49H79FN8O8. The molecule has 1 aliphatic heterocycles. The number of ether oxygens (including phenoxy) is 1.